The van der Waals surface area contributed by atoms with E-state index in [4.69, 9.17) is 5.73 Å². The molecule has 1 heterocycles. The molecule has 0 aliphatic rings. The van der Waals surface area contributed by atoms with Crippen molar-refractivity contribution in [2.75, 3.05) is 12.8 Å². The third-order valence-electron chi connectivity index (χ3n) is 3.08. The molecule has 0 saturated heterocycles. The van der Waals surface area contributed by atoms with Gasteiger partial charge in [0.15, 0.2) is 0 Å². The molecule has 0 unspecified atom stereocenters. The van der Waals surface area contributed by atoms with Crippen molar-refractivity contribution in [3.8, 4) is 0 Å². The number of rotatable bonds is 4. The second kappa shape index (κ2) is 5.73. The molecule has 0 fully saturated rings. The number of benzene rings is 1. The fourth-order valence-electron chi connectivity index (χ4n) is 2.01. The Morgan fingerprint density at radius 1 is 1.45 bits per heavy atom. The molecule has 0 spiro atoms. The van der Waals surface area contributed by atoms with E-state index >= 15 is 0 Å². The van der Waals surface area contributed by atoms with Gasteiger partial charge in [-0.05, 0) is 13.0 Å². The summed E-state index contributed by atoms with van der Waals surface area (Å²) in [5.74, 6) is -0.603. The van der Waals surface area contributed by atoms with Crippen molar-refractivity contribution >= 4 is 11.6 Å². The summed E-state index contributed by atoms with van der Waals surface area (Å²) in [6, 6.07) is 6.38. The van der Waals surface area contributed by atoms with Crippen LogP contribution in [0.1, 0.15) is 23.0 Å². The minimum Gasteiger partial charge on any atom is -0.396 e. The fraction of sp³-hybridized carbons (Fsp3) is 0.286. The maximum Gasteiger partial charge on any atom is 0.274 e. The number of carbonyl (C=O) groups is 1. The average molecular weight is 276 g/mol. The van der Waals surface area contributed by atoms with Crippen LogP contribution in [0.25, 0.3) is 0 Å². The molecule has 0 aliphatic heterocycles. The molecule has 0 atom stereocenters. The van der Waals surface area contributed by atoms with Gasteiger partial charge >= 0.3 is 0 Å². The first kappa shape index (κ1) is 14.0. The second-order valence-electron chi connectivity index (χ2n) is 4.52. The summed E-state index contributed by atoms with van der Waals surface area (Å²) in [6.07, 6.45) is 1.45. The van der Waals surface area contributed by atoms with Crippen molar-refractivity contribution in [1.82, 2.24) is 14.7 Å². The van der Waals surface area contributed by atoms with Crippen LogP contribution in [0.2, 0.25) is 0 Å². The molecule has 2 aromatic rings. The number of nitrogens with zero attached hydrogens (tertiary/aromatic N) is 3. The largest absolute Gasteiger partial charge is 0.396 e. The van der Waals surface area contributed by atoms with Crippen molar-refractivity contribution < 1.29 is 9.18 Å². The lowest BCUT2D eigenvalue weighted by atomic mass is 10.2. The molecule has 0 aliphatic carbocycles. The first-order valence-electron chi connectivity index (χ1n) is 6.34. The van der Waals surface area contributed by atoms with Gasteiger partial charge in [-0.3, -0.25) is 9.48 Å². The van der Waals surface area contributed by atoms with Crippen molar-refractivity contribution in [3.63, 3.8) is 0 Å². The predicted molar refractivity (Wildman–Crippen MR) is 74.5 cm³/mol. The van der Waals surface area contributed by atoms with Gasteiger partial charge in [-0.2, -0.15) is 5.10 Å². The van der Waals surface area contributed by atoms with Crippen LogP contribution in [-0.4, -0.2) is 27.6 Å². The van der Waals surface area contributed by atoms with E-state index in [1.165, 1.54) is 21.8 Å². The molecule has 106 valence electrons. The lowest BCUT2D eigenvalue weighted by Crippen LogP contribution is -2.29. The Hall–Kier alpha value is -2.37. The number of hydrogen-bond acceptors (Lipinski definition) is 3. The molecule has 6 heteroatoms. The molecule has 2 N–H and O–H groups in total. The number of nitrogens with two attached hydrogens (primary N) is 1. The maximum atomic E-state index is 13.6. The van der Waals surface area contributed by atoms with Crippen LogP contribution in [0.15, 0.2) is 30.5 Å². The molecule has 0 radical (unpaired) electrons. The van der Waals surface area contributed by atoms with Gasteiger partial charge in [-0.15, -0.1) is 0 Å². The lowest BCUT2D eigenvalue weighted by molar-refractivity contribution is 0.0772. The number of carbonyl (C=O) groups excluding carboxylic acids is 1. The summed E-state index contributed by atoms with van der Waals surface area (Å²) in [4.78, 5) is 13.8. The van der Waals surface area contributed by atoms with E-state index in [0.717, 1.165) is 0 Å². The molecular formula is C14H17FN4O. The summed E-state index contributed by atoms with van der Waals surface area (Å²) in [5, 5.41) is 4.03. The third kappa shape index (κ3) is 2.64. The first-order valence-corrected chi connectivity index (χ1v) is 6.34. The Bertz CT molecular complexity index is 623. The number of halogens is 1. The van der Waals surface area contributed by atoms with Crippen molar-refractivity contribution in [1.29, 1.82) is 0 Å². The molecular weight excluding hydrogens is 259 g/mol. The Kier molecular flexibility index (Phi) is 4.02. The quantitative estimate of drug-likeness (QED) is 0.927. The van der Waals surface area contributed by atoms with E-state index in [2.05, 4.69) is 5.10 Å². The van der Waals surface area contributed by atoms with Crippen molar-refractivity contribution in [2.24, 2.45) is 0 Å². The van der Waals surface area contributed by atoms with Crippen LogP contribution in [0.5, 0.6) is 0 Å². The SMILES string of the molecule is CCn1ncc(N)c1C(=O)N(C)Cc1ccccc1F. The zero-order valence-corrected chi connectivity index (χ0v) is 11.5. The smallest absolute Gasteiger partial charge is 0.274 e. The van der Waals surface area contributed by atoms with Crippen LogP contribution >= 0.6 is 0 Å². The van der Waals surface area contributed by atoms with Gasteiger partial charge in [0.25, 0.3) is 5.91 Å². The molecule has 20 heavy (non-hydrogen) atoms. The number of aromatic nitrogens is 2. The molecule has 0 bridgehead atoms. The zero-order chi connectivity index (χ0) is 14.7. The van der Waals surface area contributed by atoms with Crippen LogP contribution in [0.3, 0.4) is 0 Å². The van der Waals surface area contributed by atoms with Crippen molar-refractivity contribution in [3.05, 3.63) is 47.5 Å². The topological polar surface area (TPSA) is 64.2 Å². The van der Waals surface area contributed by atoms with E-state index in [1.54, 1.807) is 25.2 Å². The minimum absolute atomic E-state index is 0.180. The third-order valence-corrected chi connectivity index (χ3v) is 3.08. The molecule has 1 aromatic heterocycles. The van der Waals surface area contributed by atoms with E-state index in [-0.39, 0.29) is 18.3 Å². The molecule has 1 aromatic carbocycles. The van der Waals surface area contributed by atoms with Gasteiger partial charge in [0.1, 0.15) is 11.5 Å². The van der Waals surface area contributed by atoms with E-state index < -0.39 is 0 Å². The fourth-order valence-corrected chi connectivity index (χ4v) is 2.01. The van der Waals surface area contributed by atoms with Gasteiger partial charge in [0.2, 0.25) is 0 Å². The average Bonchev–Trinajstić information content (AvgIpc) is 2.81. The van der Waals surface area contributed by atoms with E-state index in [9.17, 15) is 9.18 Å². The maximum absolute atomic E-state index is 13.6. The van der Waals surface area contributed by atoms with Crippen LogP contribution in [0, 0.1) is 5.82 Å². The van der Waals surface area contributed by atoms with Gasteiger partial charge in [0.05, 0.1) is 11.9 Å². The van der Waals surface area contributed by atoms with Gasteiger partial charge in [-0.1, -0.05) is 18.2 Å². The van der Waals surface area contributed by atoms with E-state index in [1.807, 2.05) is 6.92 Å². The van der Waals surface area contributed by atoms with E-state index in [0.29, 0.717) is 23.5 Å². The number of hydrogen-bond donors (Lipinski definition) is 1. The van der Waals surface area contributed by atoms with Crippen LogP contribution < -0.4 is 5.73 Å². The standard InChI is InChI=1S/C14H17FN4O/c1-3-19-13(12(16)8-17-19)14(20)18(2)9-10-6-4-5-7-11(10)15/h4-8H,3,9,16H2,1-2H3. The molecule has 1 amide bonds. The summed E-state index contributed by atoms with van der Waals surface area (Å²) >= 11 is 0. The van der Waals surface area contributed by atoms with Crippen LogP contribution in [0.4, 0.5) is 10.1 Å². The number of anilines is 1. The van der Waals surface area contributed by atoms with Gasteiger partial charge in [-0.25, -0.2) is 4.39 Å². The normalized spacial score (nSPS) is 10.6. The Balaban J connectivity index is 2.21. The molecule has 0 saturated carbocycles. The highest BCUT2D eigenvalue weighted by molar-refractivity contribution is 5.97. The minimum atomic E-state index is -0.330. The van der Waals surface area contributed by atoms with Gasteiger partial charge < -0.3 is 10.6 Å². The first-order chi connectivity index (χ1) is 9.54. The highest BCUT2D eigenvalue weighted by Crippen LogP contribution is 2.16. The molecule has 2 rings (SSSR count). The molecule has 5 nitrogen and oxygen atoms in total. The Morgan fingerprint density at radius 3 is 2.80 bits per heavy atom. The highest BCUT2D eigenvalue weighted by atomic mass is 19.1. The summed E-state index contributed by atoms with van der Waals surface area (Å²) in [5.41, 5.74) is 6.91. The summed E-state index contributed by atoms with van der Waals surface area (Å²) < 4.78 is 15.1. The number of amides is 1. The monoisotopic (exact) mass is 276 g/mol. The van der Waals surface area contributed by atoms with Crippen LogP contribution in [-0.2, 0) is 13.1 Å². The Labute approximate surface area is 116 Å². The van der Waals surface area contributed by atoms with Gasteiger partial charge in [0, 0.05) is 25.7 Å². The lowest BCUT2D eigenvalue weighted by Gasteiger charge is -2.18. The summed E-state index contributed by atoms with van der Waals surface area (Å²) in [6.45, 7) is 2.60. The zero-order valence-electron chi connectivity index (χ0n) is 11.5. The summed E-state index contributed by atoms with van der Waals surface area (Å²) in [7, 11) is 1.61. The number of nitrogen functional groups attached to an aromatic ring is 1. The number of aryl methyl sites for hydroxylation is 1. The predicted octanol–water partition coefficient (Wildman–Crippen LogP) is 1.90. The van der Waals surface area contributed by atoms with Crippen molar-refractivity contribution in [2.45, 2.75) is 20.0 Å². The Morgan fingerprint density at radius 2 is 2.15 bits per heavy atom. The highest BCUT2D eigenvalue weighted by Gasteiger charge is 2.20. The second-order valence-corrected chi connectivity index (χ2v) is 4.52.